The zero-order chi connectivity index (χ0) is 22.6. The first-order valence-electron chi connectivity index (χ1n) is 11.3. The number of sulfonamides is 1. The van der Waals surface area contributed by atoms with Crippen LogP contribution in [0.15, 0.2) is 41.4 Å². The van der Waals surface area contributed by atoms with Gasteiger partial charge in [0.05, 0.1) is 0 Å². The lowest BCUT2D eigenvalue weighted by Crippen LogP contribution is -2.37. The summed E-state index contributed by atoms with van der Waals surface area (Å²) in [6.45, 7) is 5.82. The molecule has 0 saturated carbocycles. The van der Waals surface area contributed by atoms with Crippen LogP contribution in [0.3, 0.4) is 0 Å². The molecule has 2 aliphatic rings. The van der Waals surface area contributed by atoms with Crippen molar-refractivity contribution in [3.63, 3.8) is 0 Å². The number of aromatic nitrogens is 1. The number of likely N-dealkylation sites (tertiary alicyclic amines) is 1. The van der Waals surface area contributed by atoms with Gasteiger partial charge in [-0.25, -0.2) is 8.42 Å². The maximum Gasteiger partial charge on any atom is 0.268 e. The number of hydrogen-bond donors (Lipinski definition) is 2. The summed E-state index contributed by atoms with van der Waals surface area (Å²) in [5.41, 5.74) is 2.55. The van der Waals surface area contributed by atoms with E-state index in [1.54, 1.807) is 11.8 Å². The minimum atomic E-state index is -3.56. The van der Waals surface area contributed by atoms with Crippen molar-refractivity contribution in [2.45, 2.75) is 50.2 Å². The molecule has 2 fully saturated rings. The lowest BCUT2D eigenvalue weighted by Gasteiger charge is -2.33. The summed E-state index contributed by atoms with van der Waals surface area (Å²) in [7, 11) is -3.56. The van der Waals surface area contributed by atoms with Crippen molar-refractivity contribution in [3.8, 4) is 0 Å². The van der Waals surface area contributed by atoms with E-state index in [2.05, 4.69) is 34.3 Å². The van der Waals surface area contributed by atoms with Crippen molar-refractivity contribution in [1.29, 1.82) is 0 Å². The van der Waals surface area contributed by atoms with Crippen LogP contribution < -0.4 is 5.32 Å². The third-order valence-electron chi connectivity index (χ3n) is 6.31. The molecule has 7 nitrogen and oxygen atoms in total. The van der Waals surface area contributed by atoms with Crippen LogP contribution in [-0.4, -0.2) is 65.7 Å². The number of benzene rings is 1. The molecule has 1 amide bonds. The van der Waals surface area contributed by atoms with Crippen LogP contribution in [0.4, 0.5) is 0 Å². The zero-order valence-corrected chi connectivity index (χ0v) is 20.2. The van der Waals surface area contributed by atoms with Crippen molar-refractivity contribution in [2.75, 3.05) is 31.1 Å². The lowest BCUT2D eigenvalue weighted by molar-refractivity contribution is 0.0946. The SMILES string of the molecule is CC1CCCCN1Cc1ccc(CNC(=O)c2cc(S(=O)(=O)N3CCSCC3)c[nH]2)cc1. The average molecular weight is 477 g/mol. The van der Waals surface area contributed by atoms with Gasteiger partial charge in [0.25, 0.3) is 5.91 Å². The molecular weight excluding hydrogens is 444 g/mol. The molecule has 1 aromatic carbocycles. The molecule has 3 heterocycles. The quantitative estimate of drug-likeness (QED) is 0.642. The maximum absolute atomic E-state index is 12.8. The van der Waals surface area contributed by atoms with Gasteiger partial charge in [-0.2, -0.15) is 16.1 Å². The molecule has 2 N–H and O–H groups in total. The van der Waals surface area contributed by atoms with Crippen molar-refractivity contribution in [1.82, 2.24) is 19.5 Å². The van der Waals surface area contributed by atoms with Crippen molar-refractivity contribution >= 4 is 27.7 Å². The third-order valence-corrected chi connectivity index (χ3v) is 9.13. The highest BCUT2D eigenvalue weighted by molar-refractivity contribution is 7.99. The largest absolute Gasteiger partial charge is 0.356 e. The summed E-state index contributed by atoms with van der Waals surface area (Å²) in [5, 5.41) is 2.88. The van der Waals surface area contributed by atoms with E-state index in [-0.39, 0.29) is 16.5 Å². The predicted molar refractivity (Wildman–Crippen MR) is 128 cm³/mol. The van der Waals surface area contributed by atoms with E-state index in [1.807, 2.05) is 12.1 Å². The van der Waals surface area contributed by atoms with E-state index < -0.39 is 10.0 Å². The summed E-state index contributed by atoms with van der Waals surface area (Å²) in [5.74, 6) is 1.28. The summed E-state index contributed by atoms with van der Waals surface area (Å²) in [6, 6.07) is 10.4. The molecule has 1 atom stereocenters. The van der Waals surface area contributed by atoms with Crippen LogP contribution >= 0.6 is 11.8 Å². The average Bonchev–Trinajstić information content (AvgIpc) is 3.32. The van der Waals surface area contributed by atoms with Gasteiger partial charge in [0.2, 0.25) is 10.0 Å². The van der Waals surface area contributed by atoms with Gasteiger partial charge < -0.3 is 10.3 Å². The highest BCUT2D eigenvalue weighted by Gasteiger charge is 2.27. The fourth-order valence-corrected chi connectivity index (χ4v) is 6.83. The minimum absolute atomic E-state index is 0.144. The number of nitrogens with one attached hydrogen (secondary N) is 2. The summed E-state index contributed by atoms with van der Waals surface area (Å²) in [4.78, 5) is 18.0. The number of H-pyrrole nitrogens is 1. The third kappa shape index (κ3) is 5.57. The molecule has 1 aromatic heterocycles. The Bertz CT molecular complexity index is 1010. The van der Waals surface area contributed by atoms with Gasteiger partial charge in [-0.3, -0.25) is 9.69 Å². The summed E-state index contributed by atoms with van der Waals surface area (Å²) in [6.07, 6.45) is 5.26. The molecule has 32 heavy (non-hydrogen) atoms. The molecule has 174 valence electrons. The summed E-state index contributed by atoms with van der Waals surface area (Å²) < 4.78 is 27.0. The van der Waals surface area contributed by atoms with Gasteiger partial charge in [-0.05, 0) is 43.5 Å². The van der Waals surface area contributed by atoms with Crippen LogP contribution in [0.2, 0.25) is 0 Å². The maximum atomic E-state index is 12.8. The van der Waals surface area contributed by atoms with Crippen molar-refractivity contribution in [2.24, 2.45) is 0 Å². The number of rotatable bonds is 7. The smallest absolute Gasteiger partial charge is 0.268 e. The molecule has 4 rings (SSSR count). The molecule has 0 aliphatic carbocycles. The number of carbonyl (C=O) groups is 1. The Hall–Kier alpha value is -1.81. The predicted octanol–water partition coefficient (Wildman–Crippen LogP) is 3.06. The molecule has 0 spiro atoms. The molecule has 2 aromatic rings. The van der Waals surface area contributed by atoms with Crippen molar-refractivity contribution < 1.29 is 13.2 Å². The monoisotopic (exact) mass is 476 g/mol. The Morgan fingerprint density at radius 1 is 1.12 bits per heavy atom. The topological polar surface area (TPSA) is 85.5 Å². The van der Waals surface area contributed by atoms with Gasteiger partial charge in [-0.15, -0.1) is 0 Å². The van der Waals surface area contributed by atoms with Gasteiger partial charge in [0.15, 0.2) is 0 Å². The Kier molecular flexibility index (Phi) is 7.60. The highest BCUT2D eigenvalue weighted by Crippen LogP contribution is 2.21. The van der Waals surface area contributed by atoms with E-state index in [9.17, 15) is 13.2 Å². The first-order valence-corrected chi connectivity index (χ1v) is 13.9. The molecular formula is C23H32N4O3S2. The number of piperidine rings is 1. The van der Waals surface area contributed by atoms with Crippen LogP contribution in [0.25, 0.3) is 0 Å². The van der Waals surface area contributed by atoms with E-state index in [0.29, 0.717) is 25.7 Å². The van der Waals surface area contributed by atoms with Gasteiger partial charge in [-0.1, -0.05) is 30.7 Å². The highest BCUT2D eigenvalue weighted by atomic mass is 32.2. The van der Waals surface area contributed by atoms with Gasteiger partial charge >= 0.3 is 0 Å². The Morgan fingerprint density at radius 3 is 2.56 bits per heavy atom. The minimum Gasteiger partial charge on any atom is -0.356 e. The number of aromatic amines is 1. The van der Waals surface area contributed by atoms with Crippen LogP contribution in [0, 0.1) is 0 Å². The molecule has 1 unspecified atom stereocenters. The zero-order valence-electron chi connectivity index (χ0n) is 18.5. The first kappa shape index (κ1) is 23.4. The molecule has 9 heteroatoms. The van der Waals surface area contributed by atoms with E-state index >= 15 is 0 Å². The summed E-state index contributed by atoms with van der Waals surface area (Å²) >= 11 is 1.75. The molecule has 0 radical (unpaired) electrons. The Balaban J connectivity index is 1.31. The number of carbonyl (C=O) groups excluding carboxylic acids is 1. The number of thioether (sulfide) groups is 1. The normalized spacial score (nSPS) is 20.8. The second-order valence-corrected chi connectivity index (χ2v) is 11.7. The number of amides is 1. The fourth-order valence-electron chi connectivity index (χ4n) is 4.26. The molecule has 0 bridgehead atoms. The molecule has 2 aliphatic heterocycles. The van der Waals surface area contributed by atoms with Gasteiger partial charge in [0.1, 0.15) is 10.6 Å². The van der Waals surface area contributed by atoms with E-state index in [1.165, 1.54) is 41.4 Å². The van der Waals surface area contributed by atoms with Crippen LogP contribution in [0.1, 0.15) is 47.8 Å². The van der Waals surface area contributed by atoms with E-state index in [4.69, 9.17) is 0 Å². The van der Waals surface area contributed by atoms with Crippen LogP contribution in [-0.2, 0) is 23.1 Å². The van der Waals surface area contributed by atoms with E-state index in [0.717, 1.165) is 30.2 Å². The first-order chi connectivity index (χ1) is 15.4. The second kappa shape index (κ2) is 10.4. The second-order valence-electron chi connectivity index (χ2n) is 8.58. The van der Waals surface area contributed by atoms with Crippen LogP contribution in [0.5, 0.6) is 0 Å². The number of hydrogen-bond acceptors (Lipinski definition) is 5. The Labute approximate surface area is 195 Å². The molecule has 2 saturated heterocycles. The fraction of sp³-hybridized carbons (Fsp3) is 0.522. The lowest BCUT2D eigenvalue weighted by atomic mass is 10.0. The van der Waals surface area contributed by atoms with Crippen molar-refractivity contribution in [3.05, 3.63) is 53.3 Å². The standard InChI is InChI=1S/C23H32N4O3S2/c1-18-4-2-3-9-26(18)17-20-7-5-19(6-8-20)15-25-23(28)22-14-21(16-24-22)32(29,30)27-10-12-31-13-11-27/h5-8,14,16,18,24H,2-4,9-13,15,17H2,1H3,(H,25,28). The van der Waals surface area contributed by atoms with Gasteiger partial charge in [0, 0.05) is 49.9 Å². The Morgan fingerprint density at radius 2 is 1.84 bits per heavy atom. The number of nitrogens with zero attached hydrogens (tertiary/aromatic N) is 2.